The summed E-state index contributed by atoms with van der Waals surface area (Å²) in [6.07, 6.45) is 5.08. The lowest BCUT2D eigenvalue weighted by Crippen LogP contribution is -2.18. The first-order valence-electron chi connectivity index (χ1n) is 6.27. The highest BCUT2D eigenvalue weighted by Gasteiger charge is 2.25. The fraction of sp³-hybridized carbons (Fsp3) is 0.667. The molecule has 3 N–H and O–H groups in total. The van der Waals surface area contributed by atoms with Crippen molar-refractivity contribution in [2.24, 2.45) is 0 Å². The van der Waals surface area contributed by atoms with Crippen molar-refractivity contribution in [3.05, 3.63) is 6.33 Å². The third kappa shape index (κ3) is 2.98. The highest BCUT2D eigenvalue weighted by atomic mass is 32.2. The SMILES string of the molecule is CCSC1CCC(Nc2ncnc(OC)c2N)C1. The van der Waals surface area contributed by atoms with Gasteiger partial charge in [0.2, 0.25) is 5.88 Å². The Morgan fingerprint density at radius 3 is 3.06 bits per heavy atom. The number of nitrogen functional groups attached to an aromatic ring is 1. The van der Waals surface area contributed by atoms with Crippen molar-refractivity contribution in [1.29, 1.82) is 0 Å². The quantitative estimate of drug-likeness (QED) is 0.852. The zero-order valence-corrected chi connectivity index (χ0v) is 11.7. The molecule has 1 aromatic heterocycles. The molecular formula is C12H20N4OS. The molecule has 2 unspecified atom stereocenters. The molecule has 1 aromatic rings. The Kier molecular flexibility index (Phi) is 4.52. The number of aromatic nitrogens is 2. The monoisotopic (exact) mass is 268 g/mol. The van der Waals surface area contributed by atoms with Crippen LogP contribution in [0.5, 0.6) is 5.88 Å². The lowest BCUT2D eigenvalue weighted by molar-refractivity contribution is 0.399. The molecule has 0 spiro atoms. The zero-order chi connectivity index (χ0) is 13.0. The van der Waals surface area contributed by atoms with Crippen LogP contribution in [0.3, 0.4) is 0 Å². The Balaban J connectivity index is 1.98. The van der Waals surface area contributed by atoms with Gasteiger partial charge in [0.1, 0.15) is 12.0 Å². The Hall–Kier alpha value is -1.17. The maximum atomic E-state index is 5.95. The molecule has 1 heterocycles. The van der Waals surface area contributed by atoms with Crippen molar-refractivity contribution in [2.75, 3.05) is 23.9 Å². The van der Waals surface area contributed by atoms with Gasteiger partial charge >= 0.3 is 0 Å². The minimum atomic E-state index is 0.435. The summed E-state index contributed by atoms with van der Waals surface area (Å²) in [6.45, 7) is 2.21. The first-order valence-corrected chi connectivity index (χ1v) is 7.32. The second-order valence-electron chi connectivity index (χ2n) is 4.38. The van der Waals surface area contributed by atoms with E-state index in [-0.39, 0.29) is 0 Å². The molecule has 0 amide bonds. The van der Waals surface area contributed by atoms with Crippen LogP contribution in [0, 0.1) is 0 Å². The van der Waals surface area contributed by atoms with Crippen LogP contribution in [0.25, 0.3) is 0 Å². The Morgan fingerprint density at radius 1 is 1.50 bits per heavy atom. The lowest BCUT2D eigenvalue weighted by atomic mass is 10.2. The molecule has 0 aromatic carbocycles. The van der Waals surface area contributed by atoms with E-state index in [9.17, 15) is 0 Å². The average Bonchev–Trinajstić information content (AvgIpc) is 2.80. The normalized spacial score (nSPS) is 23.0. The van der Waals surface area contributed by atoms with Gasteiger partial charge in [-0.3, -0.25) is 0 Å². The van der Waals surface area contributed by atoms with Gasteiger partial charge in [-0.05, 0) is 25.0 Å². The predicted octanol–water partition coefficient (Wildman–Crippen LogP) is 2.15. The van der Waals surface area contributed by atoms with Crippen LogP contribution >= 0.6 is 11.8 Å². The third-order valence-corrected chi connectivity index (χ3v) is 4.40. The number of nitrogens with one attached hydrogen (secondary N) is 1. The van der Waals surface area contributed by atoms with Gasteiger partial charge in [0, 0.05) is 11.3 Å². The second-order valence-corrected chi connectivity index (χ2v) is 5.95. The molecule has 0 radical (unpaired) electrons. The lowest BCUT2D eigenvalue weighted by Gasteiger charge is -2.15. The summed E-state index contributed by atoms with van der Waals surface area (Å²) in [4.78, 5) is 8.16. The number of ether oxygens (including phenoxy) is 1. The average molecular weight is 268 g/mol. The number of thioether (sulfide) groups is 1. The third-order valence-electron chi connectivity index (χ3n) is 3.17. The van der Waals surface area contributed by atoms with Gasteiger partial charge in [-0.25, -0.2) is 4.98 Å². The van der Waals surface area contributed by atoms with Crippen LogP contribution in [0.15, 0.2) is 6.33 Å². The van der Waals surface area contributed by atoms with E-state index in [0.29, 0.717) is 23.4 Å². The summed E-state index contributed by atoms with van der Waals surface area (Å²) in [5, 5.41) is 4.16. The highest BCUT2D eigenvalue weighted by molar-refractivity contribution is 7.99. The molecule has 1 saturated carbocycles. The van der Waals surface area contributed by atoms with E-state index in [1.54, 1.807) is 7.11 Å². The van der Waals surface area contributed by atoms with Gasteiger partial charge in [-0.1, -0.05) is 6.92 Å². The molecule has 0 bridgehead atoms. The van der Waals surface area contributed by atoms with Crippen molar-refractivity contribution in [1.82, 2.24) is 9.97 Å². The van der Waals surface area contributed by atoms with Gasteiger partial charge in [-0.2, -0.15) is 16.7 Å². The number of methoxy groups -OCH3 is 1. The predicted molar refractivity (Wildman–Crippen MR) is 76.2 cm³/mol. The molecular weight excluding hydrogens is 248 g/mol. The molecule has 1 aliphatic rings. The molecule has 0 aliphatic heterocycles. The summed E-state index contributed by atoms with van der Waals surface area (Å²) in [6, 6.07) is 0.455. The van der Waals surface area contributed by atoms with E-state index in [1.807, 2.05) is 11.8 Å². The zero-order valence-electron chi connectivity index (χ0n) is 10.8. The summed E-state index contributed by atoms with van der Waals surface area (Å²) in [5.74, 6) is 2.31. The maximum absolute atomic E-state index is 5.95. The number of nitrogens with two attached hydrogens (primary N) is 1. The Morgan fingerprint density at radius 2 is 2.33 bits per heavy atom. The van der Waals surface area contributed by atoms with Crippen molar-refractivity contribution in [3.63, 3.8) is 0 Å². The molecule has 18 heavy (non-hydrogen) atoms. The summed E-state index contributed by atoms with van der Waals surface area (Å²) >= 11 is 2.04. The van der Waals surface area contributed by atoms with Crippen molar-refractivity contribution < 1.29 is 4.74 Å². The van der Waals surface area contributed by atoms with Crippen LogP contribution in [-0.2, 0) is 0 Å². The van der Waals surface area contributed by atoms with E-state index >= 15 is 0 Å². The Labute approximate surface area is 112 Å². The van der Waals surface area contributed by atoms with Gasteiger partial charge in [0.05, 0.1) is 7.11 Å². The number of nitrogens with zero attached hydrogens (tertiary/aromatic N) is 2. The van der Waals surface area contributed by atoms with Crippen molar-refractivity contribution in [2.45, 2.75) is 37.5 Å². The van der Waals surface area contributed by atoms with Crippen molar-refractivity contribution >= 4 is 23.3 Å². The molecule has 2 rings (SSSR count). The first-order chi connectivity index (χ1) is 8.74. The summed E-state index contributed by atoms with van der Waals surface area (Å²) in [5.41, 5.74) is 6.44. The number of hydrogen-bond donors (Lipinski definition) is 2. The second kappa shape index (κ2) is 6.13. The minimum Gasteiger partial charge on any atom is -0.479 e. The van der Waals surface area contributed by atoms with E-state index in [1.165, 1.54) is 31.3 Å². The fourth-order valence-electron chi connectivity index (χ4n) is 2.31. The van der Waals surface area contributed by atoms with E-state index in [2.05, 4.69) is 22.2 Å². The van der Waals surface area contributed by atoms with Gasteiger partial charge < -0.3 is 15.8 Å². The molecule has 5 nitrogen and oxygen atoms in total. The molecule has 2 atom stereocenters. The van der Waals surface area contributed by atoms with Crippen molar-refractivity contribution in [3.8, 4) is 5.88 Å². The standard InChI is InChI=1S/C12H20N4OS/c1-3-18-9-5-4-8(6-9)16-11-10(13)12(17-2)15-7-14-11/h7-9H,3-6,13H2,1-2H3,(H,14,15,16). The van der Waals surface area contributed by atoms with E-state index in [4.69, 9.17) is 10.5 Å². The van der Waals surface area contributed by atoms with Gasteiger partial charge in [-0.15, -0.1) is 0 Å². The largest absolute Gasteiger partial charge is 0.479 e. The van der Waals surface area contributed by atoms with E-state index < -0.39 is 0 Å². The number of anilines is 2. The van der Waals surface area contributed by atoms with Crippen LogP contribution in [0.4, 0.5) is 11.5 Å². The van der Waals surface area contributed by atoms with Crippen LogP contribution in [-0.4, -0.2) is 34.1 Å². The number of hydrogen-bond acceptors (Lipinski definition) is 6. The molecule has 6 heteroatoms. The molecule has 1 fully saturated rings. The number of rotatable bonds is 5. The first kappa shape index (κ1) is 13.3. The smallest absolute Gasteiger partial charge is 0.242 e. The molecule has 1 aliphatic carbocycles. The van der Waals surface area contributed by atoms with Gasteiger partial charge in [0.25, 0.3) is 0 Å². The topological polar surface area (TPSA) is 73.1 Å². The summed E-state index contributed by atoms with van der Waals surface area (Å²) in [7, 11) is 1.56. The van der Waals surface area contributed by atoms with Crippen LogP contribution < -0.4 is 15.8 Å². The van der Waals surface area contributed by atoms with Crippen LogP contribution in [0.1, 0.15) is 26.2 Å². The summed E-state index contributed by atoms with van der Waals surface area (Å²) < 4.78 is 5.09. The maximum Gasteiger partial charge on any atom is 0.242 e. The fourth-order valence-corrected chi connectivity index (χ4v) is 3.45. The van der Waals surface area contributed by atoms with Crippen LogP contribution in [0.2, 0.25) is 0 Å². The van der Waals surface area contributed by atoms with E-state index in [0.717, 1.165) is 5.25 Å². The molecule has 100 valence electrons. The minimum absolute atomic E-state index is 0.435. The Bertz CT molecular complexity index is 402. The van der Waals surface area contributed by atoms with Gasteiger partial charge in [0.15, 0.2) is 5.82 Å². The molecule has 0 saturated heterocycles. The highest BCUT2D eigenvalue weighted by Crippen LogP contribution is 2.33.